The second-order valence-corrected chi connectivity index (χ2v) is 3.44. The maximum Gasteiger partial charge on any atom is -0.0190 e. The standard InChI is InChI=1S/C12H17/c1-5-11-6-7-12(9(2)3)8-10(11)4/h6-9H,2,5H2,1,3-4H3. The quantitative estimate of drug-likeness (QED) is 0.622. The van der Waals surface area contributed by atoms with Gasteiger partial charge in [-0.05, 0) is 42.9 Å². The molecule has 0 saturated heterocycles. The molecule has 0 heteroatoms. The molecule has 1 radical (unpaired) electrons. The molecule has 0 N–H and O–H groups in total. The molecule has 65 valence electrons. The van der Waals surface area contributed by atoms with Gasteiger partial charge >= 0.3 is 0 Å². The maximum absolute atomic E-state index is 4.01. The fraction of sp³-hybridized carbons (Fsp3) is 0.417. The molecular weight excluding hydrogens is 144 g/mol. The summed E-state index contributed by atoms with van der Waals surface area (Å²) in [7, 11) is 0. The van der Waals surface area contributed by atoms with E-state index in [2.05, 4.69) is 45.9 Å². The Morgan fingerprint density at radius 1 is 1.42 bits per heavy atom. The summed E-state index contributed by atoms with van der Waals surface area (Å²) in [5, 5.41) is 0. The predicted molar refractivity (Wildman–Crippen MR) is 54.3 cm³/mol. The number of benzene rings is 1. The van der Waals surface area contributed by atoms with Crippen molar-refractivity contribution in [3.05, 3.63) is 41.8 Å². The van der Waals surface area contributed by atoms with E-state index in [1.165, 1.54) is 16.7 Å². The van der Waals surface area contributed by atoms with Gasteiger partial charge in [0.25, 0.3) is 0 Å². The zero-order valence-electron chi connectivity index (χ0n) is 8.22. The molecule has 0 nitrogen and oxygen atoms in total. The fourth-order valence-corrected chi connectivity index (χ4v) is 1.42. The van der Waals surface area contributed by atoms with Gasteiger partial charge < -0.3 is 0 Å². The molecule has 1 rings (SSSR count). The topological polar surface area (TPSA) is 0 Å². The van der Waals surface area contributed by atoms with E-state index in [1.807, 2.05) is 0 Å². The van der Waals surface area contributed by atoms with Gasteiger partial charge in [-0.2, -0.15) is 0 Å². The molecule has 12 heavy (non-hydrogen) atoms. The predicted octanol–water partition coefficient (Wildman–Crippen LogP) is 3.50. The Balaban J connectivity index is 3.02. The smallest absolute Gasteiger partial charge is 0.0190 e. The van der Waals surface area contributed by atoms with Crippen molar-refractivity contribution < 1.29 is 0 Å². The van der Waals surface area contributed by atoms with Crippen molar-refractivity contribution in [1.82, 2.24) is 0 Å². The summed E-state index contributed by atoms with van der Waals surface area (Å²) in [6, 6.07) is 6.65. The first-order valence-corrected chi connectivity index (χ1v) is 4.57. The Bertz CT molecular complexity index is 259. The van der Waals surface area contributed by atoms with Crippen LogP contribution in [-0.4, -0.2) is 0 Å². The lowest BCUT2D eigenvalue weighted by atomic mass is 9.97. The van der Waals surface area contributed by atoms with Crippen molar-refractivity contribution >= 4 is 0 Å². The highest BCUT2D eigenvalue weighted by molar-refractivity contribution is 5.32. The van der Waals surface area contributed by atoms with Gasteiger partial charge in [-0.3, -0.25) is 0 Å². The molecular formula is C12H17. The van der Waals surface area contributed by atoms with Crippen molar-refractivity contribution in [2.75, 3.05) is 0 Å². The molecule has 0 amide bonds. The van der Waals surface area contributed by atoms with Crippen LogP contribution in [0.3, 0.4) is 0 Å². The Morgan fingerprint density at radius 3 is 2.50 bits per heavy atom. The van der Waals surface area contributed by atoms with Crippen molar-refractivity contribution in [1.29, 1.82) is 0 Å². The Kier molecular flexibility index (Phi) is 2.91. The molecule has 1 aromatic rings. The van der Waals surface area contributed by atoms with E-state index in [-0.39, 0.29) is 0 Å². The molecule has 0 bridgehead atoms. The van der Waals surface area contributed by atoms with Crippen LogP contribution >= 0.6 is 0 Å². The highest BCUT2D eigenvalue weighted by atomic mass is 14.1. The van der Waals surface area contributed by atoms with Crippen LogP contribution in [0.15, 0.2) is 18.2 Å². The van der Waals surface area contributed by atoms with E-state index in [0.717, 1.165) is 6.42 Å². The summed E-state index contributed by atoms with van der Waals surface area (Å²) in [5.41, 5.74) is 4.18. The molecule has 0 aliphatic heterocycles. The van der Waals surface area contributed by atoms with E-state index in [1.54, 1.807) is 0 Å². The highest BCUT2D eigenvalue weighted by Gasteiger charge is 2.01. The molecule has 1 aromatic carbocycles. The van der Waals surface area contributed by atoms with Gasteiger partial charge in [-0.1, -0.05) is 32.0 Å². The molecule has 1 atom stereocenters. The largest absolute Gasteiger partial charge is 0.0613 e. The lowest BCUT2D eigenvalue weighted by molar-refractivity contribution is 0.954. The van der Waals surface area contributed by atoms with E-state index in [0.29, 0.717) is 5.92 Å². The van der Waals surface area contributed by atoms with Crippen LogP contribution in [0.4, 0.5) is 0 Å². The molecule has 0 aliphatic rings. The third kappa shape index (κ3) is 1.88. The van der Waals surface area contributed by atoms with Crippen LogP contribution in [0, 0.1) is 13.8 Å². The monoisotopic (exact) mass is 161 g/mol. The minimum Gasteiger partial charge on any atom is -0.0613 e. The summed E-state index contributed by atoms with van der Waals surface area (Å²) in [5.74, 6) is 0.398. The number of hydrogen-bond donors (Lipinski definition) is 0. The third-order valence-electron chi connectivity index (χ3n) is 2.32. The van der Waals surface area contributed by atoms with Gasteiger partial charge in [-0.15, -0.1) is 0 Å². The summed E-state index contributed by atoms with van der Waals surface area (Å²) >= 11 is 0. The maximum atomic E-state index is 4.01. The normalized spacial score (nSPS) is 10.8. The average Bonchev–Trinajstić information content (AvgIpc) is 2.04. The van der Waals surface area contributed by atoms with Crippen LogP contribution in [0.5, 0.6) is 0 Å². The molecule has 1 unspecified atom stereocenters. The zero-order valence-corrected chi connectivity index (χ0v) is 8.22. The van der Waals surface area contributed by atoms with Gasteiger partial charge in [-0.25, -0.2) is 0 Å². The molecule has 0 heterocycles. The van der Waals surface area contributed by atoms with Crippen molar-refractivity contribution in [2.45, 2.75) is 33.1 Å². The summed E-state index contributed by atoms with van der Waals surface area (Å²) < 4.78 is 0. The number of hydrogen-bond acceptors (Lipinski definition) is 0. The molecule has 0 aliphatic carbocycles. The molecule has 0 saturated carbocycles. The van der Waals surface area contributed by atoms with E-state index < -0.39 is 0 Å². The van der Waals surface area contributed by atoms with Gasteiger partial charge in [0.15, 0.2) is 0 Å². The first-order valence-electron chi connectivity index (χ1n) is 4.57. The van der Waals surface area contributed by atoms with Crippen LogP contribution in [0.2, 0.25) is 0 Å². The SMILES string of the molecule is [CH2]C(C)c1ccc(CC)c(C)c1. The minimum atomic E-state index is 0.398. The molecule has 0 spiro atoms. The van der Waals surface area contributed by atoms with Crippen LogP contribution < -0.4 is 0 Å². The van der Waals surface area contributed by atoms with Crippen molar-refractivity contribution in [2.24, 2.45) is 0 Å². The van der Waals surface area contributed by atoms with E-state index in [9.17, 15) is 0 Å². The second-order valence-electron chi connectivity index (χ2n) is 3.44. The first-order chi connectivity index (χ1) is 5.65. The van der Waals surface area contributed by atoms with Gasteiger partial charge in [0.2, 0.25) is 0 Å². The van der Waals surface area contributed by atoms with E-state index in [4.69, 9.17) is 0 Å². The van der Waals surface area contributed by atoms with Gasteiger partial charge in [0.1, 0.15) is 0 Å². The Labute approximate surface area is 75.6 Å². The highest BCUT2D eigenvalue weighted by Crippen LogP contribution is 2.18. The Hall–Kier alpha value is -0.780. The minimum absolute atomic E-state index is 0.398. The average molecular weight is 161 g/mol. The number of aryl methyl sites for hydroxylation is 2. The summed E-state index contributed by atoms with van der Waals surface area (Å²) in [6.45, 7) is 10.5. The van der Waals surface area contributed by atoms with Crippen molar-refractivity contribution in [3.8, 4) is 0 Å². The van der Waals surface area contributed by atoms with Gasteiger partial charge in [0, 0.05) is 0 Å². The van der Waals surface area contributed by atoms with E-state index >= 15 is 0 Å². The third-order valence-corrected chi connectivity index (χ3v) is 2.32. The van der Waals surface area contributed by atoms with Crippen molar-refractivity contribution in [3.63, 3.8) is 0 Å². The number of rotatable bonds is 2. The fourth-order valence-electron chi connectivity index (χ4n) is 1.42. The van der Waals surface area contributed by atoms with Crippen LogP contribution in [0.1, 0.15) is 36.5 Å². The first kappa shape index (κ1) is 9.31. The molecule has 0 fully saturated rings. The molecule has 0 aromatic heterocycles. The second kappa shape index (κ2) is 3.75. The lowest BCUT2D eigenvalue weighted by Crippen LogP contribution is -1.92. The zero-order chi connectivity index (χ0) is 9.14. The summed E-state index contributed by atoms with van der Waals surface area (Å²) in [4.78, 5) is 0. The lowest BCUT2D eigenvalue weighted by Gasteiger charge is -2.08. The summed E-state index contributed by atoms with van der Waals surface area (Å²) in [6.07, 6.45) is 1.12. The Morgan fingerprint density at radius 2 is 2.08 bits per heavy atom. The van der Waals surface area contributed by atoms with Crippen LogP contribution in [-0.2, 0) is 6.42 Å². The van der Waals surface area contributed by atoms with Crippen LogP contribution in [0.25, 0.3) is 0 Å². The van der Waals surface area contributed by atoms with Gasteiger partial charge in [0.05, 0.1) is 0 Å².